The van der Waals surface area contributed by atoms with Gasteiger partial charge >= 0.3 is 0 Å². The molecule has 0 fully saturated rings. The third kappa shape index (κ3) is 5.40. The minimum absolute atomic E-state index is 0.0401. The number of nitrogens with zero attached hydrogens (tertiary/aromatic N) is 1. The van der Waals surface area contributed by atoms with Crippen LogP contribution in [0.4, 0.5) is 5.69 Å². The molecule has 28 heavy (non-hydrogen) atoms. The van der Waals surface area contributed by atoms with Crippen molar-refractivity contribution in [1.82, 2.24) is 0 Å². The van der Waals surface area contributed by atoms with Crippen LogP contribution in [0.3, 0.4) is 0 Å². The van der Waals surface area contributed by atoms with Crippen LogP contribution in [0.25, 0.3) is 6.08 Å². The summed E-state index contributed by atoms with van der Waals surface area (Å²) in [7, 11) is 0. The normalized spacial score (nSPS) is 10.9. The highest BCUT2D eigenvalue weighted by Crippen LogP contribution is 2.35. The zero-order valence-corrected chi connectivity index (χ0v) is 18.7. The maximum Gasteiger partial charge on any atom is 0.266 e. The summed E-state index contributed by atoms with van der Waals surface area (Å²) in [4.78, 5) is 12.6. The van der Waals surface area contributed by atoms with Crippen LogP contribution >= 0.6 is 34.2 Å². The average Bonchev–Trinajstić information content (AvgIpc) is 2.65. The number of carbonyl (C=O) groups is 1. The molecule has 1 amide bonds. The van der Waals surface area contributed by atoms with E-state index in [1.165, 1.54) is 6.08 Å². The fraction of sp³-hybridized carbons (Fsp3) is 0.238. The van der Waals surface area contributed by atoms with Gasteiger partial charge in [-0.05, 0) is 78.8 Å². The topological polar surface area (TPSA) is 71.3 Å². The van der Waals surface area contributed by atoms with Crippen LogP contribution in [0.5, 0.6) is 11.5 Å². The lowest BCUT2D eigenvalue weighted by Gasteiger charge is -2.14. The van der Waals surface area contributed by atoms with E-state index in [0.29, 0.717) is 41.0 Å². The molecule has 0 radical (unpaired) electrons. The first kappa shape index (κ1) is 22.1. The molecule has 0 aliphatic rings. The van der Waals surface area contributed by atoms with Crippen molar-refractivity contribution in [3.63, 3.8) is 0 Å². The first-order valence-corrected chi connectivity index (χ1v) is 10.1. The van der Waals surface area contributed by atoms with E-state index in [2.05, 4.69) is 27.9 Å². The second-order valence-corrected chi connectivity index (χ2v) is 7.32. The van der Waals surface area contributed by atoms with Crippen molar-refractivity contribution >= 4 is 51.9 Å². The number of nitrogens with one attached hydrogen (secondary N) is 1. The van der Waals surface area contributed by atoms with Gasteiger partial charge in [0, 0.05) is 0 Å². The summed E-state index contributed by atoms with van der Waals surface area (Å²) >= 11 is 8.30. The zero-order valence-electron chi connectivity index (χ0n) is 15.8. The van der Waals surface area contributed by atoms with Crippen LogP contribution in [0.15, 0.2) is 35.9 Å². The average molecular weight is 511 g/mol. The quantitative estimate of drug-likeness (QED) is 0.299. The third-order valence-corrected chi connectivity index (χ3v) is 4.87. The summed E-state index contributed by atoms with van der Waals surface area (Å²) in [5.74, 6) is 0.694. The molecule has 5 nitrogen and oxygen atoms in total. The fourth-order valence-electron chi connectivity index (χ4n) is 2.50. The number of benzene rings is 2. The summed E-state index contributed by atoms with van der Waals surface area (Å²) in [5.41, 5.74) is 1.93. The molecule has 2 rings (SSSR count). The first-order valence-electron chi connectivity index (χ1n) is 8.68. The van der Waals surface area contributed by atoms with E-state index >= 15 is 0 Å². The van der Waals surface area contributed by atoms with Crippen LogP contribution in [-0.2, 0) is 4.79 Å². The predicted octanol–water partition coefficient (Wildman–Crippen LogP) is 5.60. The Morgan fingerprint density at radius 2 is 2.00 bits per heavy atom. The molecule has 146 valence electrons. The maximum absolute atomic E-state index is 12.6. The Morgan fingerprint density at radius 1 is 1.29 bits per heavy atom. The molecule has 2 aromatic carbocycles. The van der Waals surface area contributed by atoms with Gasteiger partial charge in [-0.3, -0.25) is 4.79 Å². The number of carbonyl (C=O) groups excluding carboxylic acids is 1. The molecule has 0 bridgehead atoms. The van der Waals surface area contributed by atoms with Gasteiger partial charge in [-0.15, -0.1) is 0 Å². The second kappa shape index (κ2) is 10.3. The van der Waals surface area contributed by atoms with Crippen molar-refractivity contribution in [2.24, 2.45) is 0 Å². The van der Waals surface area contributed by atoms with Crippen molar-refractivity contribution in [1.29, 1.82) is 5.26 Å². The number of ether oxygens (including phenoxy) is 2. The van der Waals surface area contributed by atoms with Crippen LogP contribution < -0.4 is 14.8 Å². The molecular weight excluding hydrogens is 491 g/mol. The smallest absolute Gasteiger partial charge is 0.266 e. The zero-order chi connectivity index (χ0) is 20.7. The molecule has 7 heteroatoms. The minimum Gasteiger partial charge on any atom is -0.490 e. The number of nitriles is 1. The Morgan fingerprint density at radius 3 is 2.61 bits per heavy atom. The number of halogens is 2. The molecule has 2 aromatic rings. The van der Waals surface area contributed by atoms with Crippen molar-refractivity contribution < 1.29 is 14.3 Å². The molecule has 0 spiro atoms. The Hall–Kier alpha value is -2.24. The van der Waals surface area contributed by atoms with Crippen molar-refractivity contribution in [3.8, 4) is 17.6 Å². The Balaban J connectivity index is 2.38. The van der Waals surface area contributed by atoms with E-state index in [4.69, 9.17) is 21.1 Å². The van der Waals surface area contributed by atoms with Crippen molar-refractivity contribution in [2.75, 3.05) is 18.5 Å². The summed E-state index contributed by atoms with van der Waals surface area (Å²) < 4.78 is 12.1. The molecule has 0 aromatic heterocycles. The van der Waals surface area contributed by atoms with Gasteiger partial charge in [0.1, 0.15) is 11.6 Å². The highest BCUT2D eigenvalue weighted by molar-refractivity contribution is 14.1. The highest BCUT2D eigenvalue weighted by Gasteiger charge is 2.15. The number of hydrogen-bond donors (Lipinski definition) is 1. The summed E-state index contributed by atoms with van der Waals surface area (Å²) in [6.45, 7) is 6.59. The Bertz CT molecular complexity index is 931. The molecule has 0 saturated heterocycles. The van der Waals surface area contributed by atoms with Crippen LogP contribution in [0, 0.1) is 21.8 Å². The first-order chi connectivity index (χ1) is 13.4. The minimum atomic E-state index is -0.527. The molecule has 0 atom stereocenters. The third-order valence-electron chi connectivity index (χ3n) is 3.76. The van der Waals surface area contributed by atoms with Crippen molar-refractivity contribution in [2.45, 2.75) is 20.8 Å². The van der Waals surface area contributed by atoms with Gasteiger partial charge in [-0.25, -0.2) is 0 Å². The monoisotopic (exact) mass is 510 g/mol. The molecule has 0 saturated carbocycles. The molecular formula is C21H20ClIN2O3. The summed E-state index contributed by atoms with van der Waals surface area (Å²) in [6.07, 6.45) is 1.52. The van der Waals surface area contributed by atoms with Gasteiger partial charge < -0.3 is 14.8 Å². The van der Waals surface area contributed by atoms with E-state index in [0.717, 1.165) is 9.13 Å². The Kier molecular flexibility index (Phi) is 8.15. The maximum atomic E-state index is 12.6. The Labute approximate surface area is 183 Å². The van der Waals surface area contributed by atoms with E-state index < -0.39 is 5.91 Å². The number of para-hydroxylation sites is 1. The van der Waals surface area contributed by atoms with E-state index in [1.54, 1.807) is 18.2 Å². The SMILES string of the molecule is CCOc1cc(/C=C(\C#N)C(=O)Nc2c(C)cccc2Cl)cc(I)c1OCC. The molecule has 0 unspecified atom stereocenters. The van der Waals surface area contributed by atoms with Crippen LogP contribution in [0.2, 0.25) is 5.02 Å². The van der Waals surface area contributed by atoms with Crippen molar-refractivity contribution in [3.05, 3.63) is 55.6 Å². The summed E-state index contributed by atoms with van der Waals surface area (Å²) in [6, 6.07) is 10.9. The number of rotatable bonds is 7. The molecule has 1 N–H and O–H groups in total. The number of aryl methyl sites for hydroxylation is 1. The van der Waals surface area contributed by atoms with E-state index in [9.17, 15) is 10.1 Å². The highest BCUT2D eigenvalue weighted by atomic mass is 127. The lowest BCUT2D eigenvalue weighted by molar-refractivity contribution is -0.112. The van der Waals surface area contributed by atoms with Gasteiger partial charge in [0.2, 0.25) is 0 Å². The summed E-state index contributed by atoms with van der Waals surface area (Å²) in [5, 5.41) is 12.6. The number of amides is 1. The molecule has 0 aliphatic carbocycles. The lowest BCUT2D eigenvalue weighted by atomic mass is 10.1. The lowest BCUT2D eigenvalue weighted by Crippen LogP contribution is -2.14. The van der Waals surface area contributed by atoms with E-state index in [-0.39, 0.29) is 5.57 Å². The van der Waals surface area contributed by atoms with Gasteiger partial charge in [-0.1, -0.05) is 23.7 Å². The van der Waals surface area contributed by atoms with Gasteiger partial charge in [0.15, 0.2) is 11.5 Å². The number of hydrogen-bond acceptors (Lipinski definition) is 4. The standard InChI is InChI=1S/C21H20ClIN2O3/c1-4-27-18-11-14(10-17(23)20(18)28-5-2)9-15(12-24)21(26)25-19-13(3)7-6-8-16(19)22/h6-11H,4-5H2,1-3H3,(H,25,26)/b15-9+. The van der Waals surface area contributed by atoms with Crippen LogP contribution in [-0.4, -0.2) is 19.1 Å². The van der Waals surface area contributed by atoms with Gasteiger partial charge in [0.05, 0.1) is 27.5 Å². The van der Waals surface area contributed by atoms with Gasteiger partial charge in [-0.2, -0.15) is 5.26 Å². The second-order valence-electron chi connectivity index (χ2n) is 5.75. The van der Waals surface area contributed by atoms with Gasteiger partial charge in [0.25, 0.3) is 5.91 Å². The molecule has 0 aliphatic heterocycles. The predicted molar refractivity (Wildman–Crippen MR) is 120 cm³/mol. The van der Waals surface area contributed by atoms with E-state index in [1.807, 2.05) is 39.0 Å². The van der Waals surface area contributed by atoms with Crippen LogP contribution in [0.1, 0.15) is 25.0 Å². The number of anilines is 1. The molecule has 0 heterocycles. The largest absolute Gasteiger partial charge is 0.490 e. The fourth-order valence-corrected chi connectivity index (χ4v) is 3.56.